The first kappa shape index (κ1) is 14.9. The molecule has 0 aliphatic carbocycles. The van der Waals surface area contributed by atoms with Gasteiger partial charge in [0.15, 0.2) is 0 Å². The first-order valence-electron chi connectivity index (χ1n) is 6.62. The van der Waals surface area contributed by atoms with Gasteiger partial charge in [-0.05, 0) is 19.4 Å². The summed E-state index contributed by atoms with van der Waals surface area (Å²) in [6.07, 6.45) is 3.77. The second kappa shape index (κ2) is 6.78. The fourth-order valence-corrected chi connectivity index (χ4v) is 1.83. The number of carbonyl (C=O) groups is 1. The van der Waals surface area contributed by atoms with E-state index >= 15 is 0 Å². The summed E-state index contributed by atoms with van der Waals surface area (Å²) >= 11 is 0. The number of carbonyl (C=O) groups excluding carboxylic acids is 1. The van der Waals surface area contributed by atoms with Gasteiger partial charge >= 0.3 is 5.97 Å². The number of hydrogen-bond acceptors (Lipinski definition) is 6. The van der Waals surface area contributed by atoms with Crippen molar-refractivity contribution in [1.82, 2.24) is 15.0 Å². The van der Waals surface area contributed by atoms with Gasteiger partial charge in [-0.3, -0.25) is 0 Å². The molecule has 0 aliphatic rings. The SMILES string of the molecule is CCOC(=O)c1cnc(Cc2ccc(OC)nc2)nc1C. The van der Waals surface area contributed by atoms with Crippen LogP contribution in [0.1, 0.15) is 34.4 Å². The largest absolute Gasteiger partial charge is 0.481 e. The molecule has 0 atom stereocenters. The van der Waals surface area contributed by atoms with Crippen LogP contribution in [0.3, 0.4) is 0 Å². The Morgan fingerprint density at radius 2 is 2.05 bits per heavy atom. The van der Waals surface area contributed by atoms with Crippen LogP contribution in [0.5, 0.6) is 5.88 Å². The van der Waals surface area contributed by atoms with Crippen molar-refractivity contribution < 1.29 is 14.3 Å². The van der Waals surface area contributed by atoms with Gasteiger partial charge in [-0.25, -0.2) is 19.7 Å². The lowest BCUT2D eigenvalue weighted by molar-refractivity contribution is 0.0524. The molecule has 0 unspecified atom stereocenters. The van der Waals surface area contributed by atoms with Gasteiger partial charge < -0.3 is 9.47 Å². The summed E-state index contributed by atoms with van der Waals surface area (Å²) in [5.41, 5.74) is 1.98. The van der Waals surface area contributed by atoms with Crippen molar-refractivity contribution in [3.8, 4) is 5.88 Å². The van der Waals surface area contributed by atoms with Crippen LogP contribution in [0.2, 0.25) is 0 Å². The van der Waals surface area contributed by atoms with E-state index in [0.717, 1.165) is 5.56 Å². The second-order valence-electron chi connectivity index (χ2n) is 4.39. The molecule has 0 saturated carbocycles. The Labute approximate surface area is 123 Å². The highest BCUT2D eigenvalue weighted by Crippen LogP contribution is 2.11. The van der Waals surface area contributed by atoms with Gasteiger partial charge in [-0.1, -0.05) is 6.07 Å². The molecule has 2 rings (SSSR count). The average molecular weight is 287 g/mol. The van der Waals surface area contributed by atoms with Crippen molar-refractivity contribution in [3.05, 3.63) is 47.2 Å². The van der Waals surface area contributed by atoms with Crippen LogP contribution in [-0.2, 0) is 11.2 Å². The lowest BCUT2D eigenvalue weighted by atomic mass is 10.2. The highest BCUT2D eigenvalue weighted by atomic mass is 16.5. The van der Waals surface area contributed by atoms with Crippen molar-refractivity contribution in [2.75, 3.05) is 13.7 Å². The zero-order valence-corrected chi connectivity index (χ0v) is 12.3. The molecule has 0 aliphatic heterocycles. The zero-order valence-electron chi connectivity index (χ0n) is 12.3. The molecule has 2 aromatic heterocycles. The maximum absolute atomic E-state index is 11.7. The molecule has 2 aromatic rings. The van der Waals surface area contributed by atoms with Crippen LogP contribution in [0.15, 0.2) is 24.5 Å². The van der Waals surface area contributed by atoms with Crippen molar-refractivity contribution in [3.63, 3.8) is 0 Å². The maximum atomic E-state index is 11.7. The predicted molar refractivity (Wildman–Crippen MR) is 76.3 cm³/mol. The van der Waals surface area contributed by atoms with Crippen LogP contribution < -0.4 is 4.74 Å². The maximum Gasteiger partial charge on any atom is 0.341 e. The lowest BCUT2D eigenvalue weighted by Gasteiger charge is -2.06. The fourth-order valence-electron chi connectivity index (χ4n) is 1.83. The predicted octanol–water partition coefficient (Wildman–Crippen LogP) is 1.96. The number of pyridine rings is 1. The molecule has 6 heteroatoms. The molecule has 21 heavy (non-hydrogen) atoms. The topological polar surface area (TPSA) is 74.2 Å². The standard InChI is InChI=1S/C15H17N3O3/c1-4-21-15(19)12-9-16-13(18-10(12)2)7-11-5-6-14(20-3)17-8-11/h5-6,8-9H,4,7H2,1-3H3. The Hall–Kier alpha value is -2.50. The third kappa shape index (κ3) is 3.75. The summed E-state index contributed by atoms with van der Waals surface area (Å²) < 4.78 is 9.96. The average Bonchev–Trinajstić information content (AvgIpc) is 2.48. The molecule has 0 N–H and O–H groups in total. The molecule has 0 radical (unpaired) electrons. The highest BCUT2D eigenvalue weighted by Gasteiger charge is 2.12. The van der Waals surface area contributed by atoms with E-state index in [1.165, 1.54) is 6.20 Å². The number of methoxy groups -OCH3 is 1. The number of esters is 1. The third-order valence-corrected chi connectivity index (χ3v) is 2.89. The van der Waals surface area contributed by atoms with E-state index in [1.807, 2.05) is 6.07 Å². The lowest BCUT2D eigenvalue weighted by Crippen LogP contribution is -2.10. The van der Waals surface area contributed by atoms with Gasteiger partial charge in [0, 0.05) is 24.9 Å². The Morgan fingerprint density at radius 3 is 2.62 bits per heavy atom. The van der Waals surface area contributed by atoms with Gasteiger partial charge in [-0.2, -0.15) is 0 Å². The fraction of sp³-hybridized carbons (Fsp3) is 0.333. The summed E-state index contributed by atoms with van der Waals surface area (Å²) in [4.78, 5) is 24.4. The molecule has 0 saturated heterocycles. The molecule has 0 amide bonds. The number of ether oxygens (including phenoxy) is 2. The quantitative estimate of drug-likeness (QED) is 0.783. The van der Waals surface area contributed by atoms with Gasteiger partial charge in [0.2, 0.25) is 5.88 Å². The van der Waals surface area contributed by atoms with Crippen LogP contribution in [0.25, 0.3) is 0 Å². The van der Waals surface area contributed by atoms with E-state index in [-0.39, 0.29) is 0 Å². The van der Waals surface area contributed by atoms with Crippen LogP contribution >= 0.6 is 0 Å². The number of rotatable bonds is 5. The minimum Gasteiger partial charge on any atom is -0.481 e. The van der Waals surface area contributed by atoms with Gasteiger partial charge in [0.05, 0.1) is 25.0 Å². The Kier molecular flexibility index (Phi) is 4.81. The van der Waals surface area contributed by atoms with Crippen molar-refractivity contribution in [2.45, 2.75) is 20.3 Å². The zero-order chi connectivity index (χ0) is 15.2. The number of nitrogens with zero attached hydrogens (tertiary/aromatic N) is 3. The number of aryl methyl sites for hydroxylation is 1. The van der Waals surface area contributed by atoms with Crippen molar-refractivity contribution in [1.29, 1.82) is 0 Å². The summed E-state index contributed by atoms with van der Waals surface area (Å²) in [5, 5.41) is 0. The van der Waals surface area contributed by atoms with Gasteiger partial charge in [-0.15, -0.1) is 0 Å². The second-order valence-corrected chi connectivity index (χ2v) is 4.39. The third-order valence-electron chi connectivity index (χ3n) is 2.89. The minimum atomic E-state index is -0.396. The van der Waals surface area contributed by atoms with E-state index < -0.39 is 5.97 Å². The molecule has 2 heterocycles. The summed E-state index contributed by atoms with van der Waals surface area (Å²) in [7, 11) is 1.57. The van der Waals surface area contributed by atoms with E-state index in [0.29, 0.717) is 36.0 Å². The molecule has 0 spiro atoms. The van der Waals surface area contributed by atoms with Gasteiger partial charge in [0.25, 0.3) is 0 Å². The monoisotopic (exact) mass is 287 g/mol. The van der Waals surface area contributed by atoms with Gasteiger partial charge in [0.1, 0.15) is 5.82 Å². The van der Waals surface area contributed by atoms with Crippen LogP contribution in [0, 0.1) is 6.92 Å². The Morgan fingerprint density at radius 1 is 1.24 bits per heavy atom. The molecule has 6 nitrogen and oxygen atoms in total. The van der Waals surface area contributed by atoms with E-state index in [9.17, 15) is 4.79 Å². The molecular formula is C15H17N3O3. The summed E-state index contributed by atoms with van der Waals surface area (Å²) in [5.74, 6) is 0.800. The Balaban J connectivity index is 2.14. The minimum absolute atomic E-state index is 0.331. The molecule has 110 valence electrons. The first-order chi connectivity index (χ1) is 10.1. The first-order valence-corrected chi connectivity index (χ1v) is 6.62. The van der Waals surface area contributed by atoms with Crippen molar-refractivity contribution >= 4 is 5.97 Å². The van der Waals surface area contributed by atoms with E-state index in [1.54, 1.807) is 33.2 Å². The summed E-state index contributed by atoms with van der Waals surface area (Å²) in [6, 6.07) is 3.69. The Bertz CT molecular complexity index is 627. The number of aromatic nitrogens is 3. The van der Waals surface area contributed by atoms with Crippen LogP contribution in [-0.4, -0.2) is 34.6 Å². The van der Waals surface area contributed by atoms with Crippen molar-refractivity contribution in [2.24, 2.45) is 0 Å². The van der Waals surface area contributed by atoms with Crippen LogP contribution in [0.4, 0.5) is 0 Å². The van der Waals surface area contributed by atoms with E-state index in [2.05, 4.69) is 15.0 Å². The number of hydrogen-bond donors (Lipinski definition) is 0. The highest BCUT2D eigenvalue weighted by molar-refractivity contribution is 5.90. The molecule has 0 bridgehead atoms. The molecule has 0 fully saturated rings. The molecule has 0 aromatic carbocycles. The normalized spacial score (nSPS) is 10.2. The van der Waals surface area contributed by atoms with E-state index in [4.69, 9.17) is 9.47 Å². The summed E-state index contributed by atoms with van der Waals surface area (Å²) in [6.45, 7) is 3.86. The molecular weight excluding hydrogens is 270 g/mol. The smallest absolute Gasteiger partial charge is 0.341 e.